The van der Waals surface area contributed by atoms with Crippen molar-refractivity contribution in [2.45, 2.75) is 31.3 Å². The lowest BCUT2D eigenvalue weighted by Crippen LogP contribution is -2.53. The van der Waals surface area contributed by atoms with Crippen molar-refractivity contribution in [3.63, 3.8) is 0 Å². The first kappa shape index (κ1) is 17.5. The summed E-state index contributed by atoms with van der Waals surface area (Å²) in [4.78, 5) is 4.80. The third kappa shape index (κ3) is 4.82. The molecular formula is C20H30N2O2. The minimum Gasteiger partial charge on any atom is -0.497 e. The lowest BCUT2D eigenvalue weighted by Gasteiger charge is -2.40. The predicted octanol–water partition coefficient (Wildman–Crippen LogP) is 2.63. The molecule has 0 radical (unpaired) electrons. The van der Waals surface area contributed by atoms with E-state index < -0.39 is 5.60 Å². The molecule has 132 valence electrons. The van der Waals surface area contributed by atoms with Gasteiger partial charge in [0.1, 0.15) is 5.75 Å². The van der Waals surface area contributed by atoms with E-state index in [4.69, 9.17) is 4.74 Å². The third-order valence-corrected chi connectivity index (χ3v) is 5.14. The topological polar surface area (TPSA) is 35.9 Å². The molecule has 2 heterocycles. The van der Waals surface area contributed by atoms with E-state index in [9.17, 15) is 5.11 Å². The molecule has 0 amide bonds. The fourth-order valence-electron chi connectivity index (χ4n) is 3.90. The van der Waals surface area contributed by atoms with Crippen LogP contribution in [0.2, 0.25) is 0 Å². The summed E-state index contributed by atoms with van der Waals surface area (Å²) in [6, 6.07) is 8.09. The molecular weight excluding hydrogens is 300 g/mol. The van der Waals surface area contributed by atoms with Gasteiger partial charge in [0.2, 0.25) is 0 Å². The minimum absolute atomic E-state index is 0.531. The Morgan fingerprint density at radius 3 is 2.50 bits per heavy atom. The highest BCUT2D eigenvalue weighted by molar-refractivity contribution is 5.50. The highest BCUT2D eigenvalue weighted by Gasteiger charge is 2.35. The van der Waals surface area contributed by atoms with Crippen LogP contribution in [-0.4, -0.2) is 66.9 Å². The van der Waals surface area contributed by atoms with E-state index in [1.54, 1.807) is 7.11 Å². The first-order valence-electron chi connectivity index (χ1n) is 9.15. The van der Waals surface area contributed by atoms with E-state index >= 15 is 0 Å². The van der Waals surface area contributed by atoms with Gasteiger partial charge in [-0.05, 0) is 63.0 Å². The van der Waals surface area contributed by atoms with Gasteiger partial charge in [-0.3, -0.25) is 4.90 Å². The van der Waals surface area contributed by atoms with Crippen molar-refractivity contribution in [1.29, 1.82) is 0 Å². The lowest BCUT2D eigenvalue weighted by molar-refractivity contribution is -0.0469. The van der Waals surface area contributed by atoms with Crippen molar-refractivity contribution in [3.05, 3.63) is 35.9 Å². The van der Waals surface area contributed by atoms with Gasteiger partial charge in [-0.15, -0.1) is 0 Å². The van der Waals surface area contributed by atoms with Gasteiger partial charge >= 0.3 is 0 Å². The Morgan fingerprint density at radius 1 is 1.08 bits per heavy atom. The Balaban J connectivity index is 1.49. The minimum atomic E-state index is -0.531. The van der Waals surface area contributed by atoms with Gasteiger partial charge < -0.3 is 14.7 Å². The van der Waals surface area contributed by atoms with Gasteiger partial charge in [0.15, 0.2) is 0 Å². The maximum Gasteiger partial charge on any atom is 0.118 e. The molecule has 1 unspecified atom stereocenters. The number of piperidine rings is 1. The summed E-state index contributed by atoms with van der Waals surface area (Å²) in [5.41, 5.74) is 0.649. The highest BCUT2D eigenvalue weighted by atomic mass is 16.5. The Labute approximate surface area is 145 Å². The molecule has 4 heteroatoms. The Kier molecular flexibility index (Phi) is 5.93. The quantitative estimate of drug-likeness (QED) is 0.870. The largest absolute Gasteiger partial charge is 0.497 e. The molecule has 1 N–H and O–H groups in total. The second-order valence-corrected chi connectivity index (χ2v) is 7.22. The molecule has 1 aromatic rings. The van der Waals surface area contributed by atoms with Crippen LogP contribution in [0.15, 0.2) is 30.3 Å². The van der Waals surface area contributed by atoms with Crippen LogP contribution in [0, 0.1) is 0 Å². The maximum absolute atomic E-state index is 11.0. The Morgan fingerprint density at radius 2 is 1.79 bits per heavy atom. The predicted molar refractivity (Wildman–Crippen MR) is 98.3 cm³/mol. The van der Waals surface area contributed by atoms with Crippen molar-refractivity contribution < 1.29 is 9.84 Å². The van der Waals surface area contributed by atoms with E-state index in [-0.39, 0.29) is 0 Å². The van der Waals surface area contributed by atoms with E-state index in [1.807, 2.05) is 12.1 Å². The number of methoxy groups -OCH3 is 1. The van der Waals surface area contributed by atoms with Crippen molar-refractivity contribution in [2.75, 3.05) is 46.4 Å². The molecule has 2 aliphatic heterocycles. The summed E-state index contributed by atoms with van der Waals surface area (Å²) in [5.74, 6) is 0.884. The van der Waals surface area contributed by atoms with Crippen molar-refractivity contribution in [3.8, 4) is 5.75 Å². The number of β-amino-alcohol motifs (C(OH)–C–C–N with tert-alkyl or cyclic N) is 1. The summed E-state index contributed by atoms with van der Waals surface area (Å²) in [7, 11) is 1.69. The molecule has 2 fully saturated rings. The van der Waals surface area contributed by atoms with E-state index in [2.05, 4.69) is 34.1 Å². The molecule has 3 rings (SSSR count). The number of nitrogens with zero attached hydrogens (tertiary/aromatic N) is 2. The van der Waals surface area contributed by atoms with Gasteiger partial charge in [0.25, 0.3) is 0 Å². The molecule has 0 bridgehead atoms. The molecule has 4 nitrogen and oxygen atoms in total. The van der Waals surface area contributed by atoms with Crippen LogP contribution in [0.3, 0.4) is 0 Å². The molecule has 2 saturated heterocycles. The van der Waals surface area contributed by atoms with Crippen LogP contribution in [0.5, 0.6) is 5.75 Å². The average molecular weight is 330 g/mol. The number of likely N-dealkylation sites (tertiary alicyclic amines) is 2. The fourth-order valence-corrected chi connectivity index (χ4v) is 3.90. The number of ether oxygens (including phenoxy) is 1. The van der Waals surface area contributed by atoms with Gasteiger partial charge in [0, 0.05) is 19.6 Å². The monoisotopic (exact) mass is 330 g/mol. The molecule has 0 aromatic heterocycles. The number of rotatable bonds is 6. The Bertz CT molecular complexity index is 537. The van der Waals surface area contributed by atoms with Crippen molar-refractivity contribution in [1.82, 2.24) is 9.80 Å². The standard InChI is InChI=1S/C20H30N2O2/c1-24-19-9-7-18(8-10-19)6-4-14-22-15-5-11-20(23,17-22)16-21-12-2-3-13-21/h4,6-10,23H,2-3,5,11-17H2,1H3. The van der Waals surface area contributed by atoms with E-state index in [0.717, 1.165) is 57.9 Å². The van der Waals surface area contributed by atoms with Crippen LogP contribution in [0.1, 0.15) is 31.2 Å². The fraction of sp³-hybridized carbons (Fsp3) is 0.600. The Hall–Kier alpha value is -1.36. The summed E-state index contributed by atoms with van der Waals surface area (Å²) in [6.07, 6.45) is 8.93. The lowest BCUT2D eigenvalue weighted by atomic mass is 9.92. The normalized spacial score (nSPS) is 26.2. The highest BCUT2D eigenvalue weighted by Crippen LogP contribution is 2.24. The van der Waals surface area contributed by atoms with E-state index in [1.165, 1.54) is 18.4 Å². The zero-order chi connectivity index (χ0) is 16.8. The van der Waals surface area contributed by atoms with Crippen molar-refractivity contribution >= 4 is 6.08 Å². The van der Waals surface area contributed by atoms with Crippen LogP contribution < -0.4 is 4.74 Å². The molecule has 1 aromatic carbocycles. The first-order chi connectivity index (χ1) is 11.7. The SMILES string of the molecule is COc1ccc(C=CCN2CCCC(O)(CN3CCCC3)C2)cc1. The molecule has 0 aliphatic carbocycles. The molecule has 0 saturated carbocycles. The number of hydrogen-bond acceptors (Lipinski definition) is 4. The summed E-state index contributed by atoms with van der Waals surface area (Å²) < 4.78 is 5.18. The van der Waals surface area contributed by atoms with Gasteiger partial charge in [-0.1, -0.05) is 24.3 Å². The first-order valence-corrected chi connectivity index (χ1v) is 9.15. The van der Waals surface area contributed by atoms with Gasteiger partial charge in [-0.2, -0.15) is 0 Å². The second kappa shape index (κ2) is 8.15. The summed E-state index contributed by atoms with van der Waals surface area (Å²) >= 11 is 0. The molecule has 24 heavy (non-hydrogen) atoms. The van der Waals surface area contributed by atoms with Crippen LogP contribution in [0.25, 0.3) is 6.08 Å². The van der Waals surface area contributed by atoms with Gasteiger partial charge in [-0.25, -0.2) is 0 Å². The van der Waals surface area contributed by atoms with E-state index in [0.29, 0.717) is 0 Å². The molecule has 2 aliphatic rings. The second-order valence-electron chi connectivity index (χ2n) is 7.22. The van der Waals surface area contributed by atoms with Gasteiger partial charge in [0.05, 0.1) is 12.7 Å². The third-order valence-electron chi connectivity index (χ3n) is 5.14. The van der Waals surface area contributed by atoms with Crippen LogP contribution in [-0.2, 0) is 0 Å². The molecule has 1 atom stereocenters. The van der Waals surface area contributed by atoms with Crippen LogP contribution in [0.4, 0.5) is 0 Å². The average Bonchev–Trinajstić information content (AvgIpc) is 3.08. The number of aliphatic hydroxyl groups is 1. The summed E-state index contributed by atoms with van der Waals surface area (Å²) in [6.45, 7) is 5.91. The zero-order valence-corrected chi connectivity index (χ0v) is 14.8. The number of hydrogen-bond donors (Lipinski definition) is 1. The smallest absolute Gasteiger partial charge is 0.118 e. The van der Waals surface area contributed by atoms with Crippen LogP contribution >= 0.6 is 0 Å². The zero-order valence-electron chi connectivity index (χ0n) is 14.8. The summed E-state index contributed by atoms with van der Waals surface area (Å²) in [5, 5.41) is 11.0. The van der Waals surface area contributed by atoms with Crippen molar-refractivity contribution in [2.24, 2.45) is 0 Å². The maximum atomic E-state index is 11.0. The number of benzene rings is 1. The molecule has 0 spiro atoms.